The molecular weight excluding hydrogens is 388 g/mol. The first-order valence-electron chi connectivity index (χ1n) is 9.20. The van der Waals surface area contributed by atoms with Gasteiger partial charge in [0, 0.05) is 5.56 Å². The van der Waals surface area contributed by atoms with Gasteiger partial charge in [-0.25, -0.2) is 13.4 Å². The lowest BCUT2D eigenvalue weighted by atomic mass is 9.94. The molecule has 1 heterocycles. The number of nitrogens with one attached hydrogen (secondary N) is 1. The van der Waals surface area contributed by atoms with Gasteiger partial charge in [0.1, 0.15) is 11.6 Å². The van der Waals surface area contributed by atoms with Crippen LogP contribution >= 0.6 is 0 Å². The summed E-state index contributed by atoms with van der Waals surface area (Å²) in [4.78, 5) is 17.8. The summed E-state index contributed by atoms with van der Waals surface area (Å²) in [6.07, 6.45) is 1.56. The number of methoxy groups -OCH3 is 1. The summed E-state index contributed by atoms with van der Waals surface area (Å²) in [6, 6.07) is 19.4. The predicted octanol–water partition coefficient (Wildman–Crippen LogP) is 3.40. The normalized spacial score (nSPS) is 14.4. The van der Waals surface area contributed by atoms with E-state index >= 15 is 0 Å². The molecule has 0 bridgehead atoms. The molecule has 0 radical (unpaired) electrons. The number of carbonyl (C=O) groups is 1. The zero-order valence-corrected chi connectivity index (χ0v) is 16.7. The summed E-state index contributed by atoms with van der Waals surface area (Å²) in [5, 5.41) is 2.93. The molecule has 4 rings (SSSR count). The fraction of sp³-hybridized carbons (Fsp3) is 0.182. The van der Waals surface area contributed by atoms with Crippen molar-refractivity contribution in [1.29, 1.82) is 0 Å². The van der Waals surface area contributed by atoms with Gasteiger partial charge in [0.05, 0.1) is 23.1 Å². The van der Waals surface area contributed by atoms with Crippen LogP contribution in [0.2, 0.25) is 0 Å². The largest absolute Gasteiger partial charge is 0.497 e. The van der Waals surface area contributed by atoms with Gasteiger partial charge in [0.2, 0.25) is 5.91 Å². The van der Waals surface area contributed by atoms with Gasteiger partial charge in [-0.1, -0.05) is 30.3 Å². The van der Waals surface area contributed by atoms with Crippen LogP contribution in [0.25, 0.3) is 11.3 Å². The average Bonchev–Trinajstić information content (AvgIpc) is 3.56. The fourth-order valence-electron chi connectivity index (χ4n) is 3.35. The lowest BCUT2D eigenvalue weighted by Gasteiger charge is -2.16. The van der Waals surface area contributed by atoms with E-state index in [-0.39, 0.29) is 10.8 Å². The van der Waals surface area contributed by atoms with Gasteiger partial charge in [-0.2, -0.15) is 0 Å². The molecule has 1 aliphatic rings. The molecule has 1 aromatic heterocycles. The molecule has 6 nitrogen and oxygen atoms in total. The van der Waals surface area contributed by atoms with Crippen molar-refractivity contribution in [1.82, 2.24) is 4.98 Å². The Hall–Kier alpha value is -3.19. The van der Waals surface area contributed by atoms with Crippen LogP contribution in [0.3, 0.4) is 0 Å². The lowest BCUT2D eigenvalue weighted by Crippen LogP contribution is -2.28. The van der Waals surface area contributed by atoms with Crippen molar-refractivity contribution in [3.05, 3.63) is 72.3 Å². The maximum Gasteiger partial charge on any atom is 0.236 e. The second-order valence-corrected chi connectivity index (χ2v) is 8.01. The van der Waals surface area contributed by atoms with Crippen LogP contribution in [0, 0.1) is 0 Å². The van der Waals surface area contributed by atoms with Crippen molar-refractivity contribution in [3.8, 4) is 17.0 Å². The molecule has 1 N–H and O–H groups in total. The highest BCUT2D eigenvalue weighted by molar-refractivity contribution is 7.72. The smallest absolute Gasteiger partial charge is 0.236 e. The molecular formula is C22H20N2O4S. The van der Waals surface area contributed by atoms with E-state index in [2.05, 4.69) is 10.3 Å². The first-order valence-corrected chi connectivity index (χ1v) is 10.4. The Balaban J connectivity index is 1.55. The third kappa shape index (κ3) is 3.86. The maximum absolute atomic E-state index is 13.0. The summed E-state index contributed by atoms with van der Waals surface area (Å²) >= 11 is 0. The lowest BCUT2D eigenvalue weighted by molar-refractivity contribution is -0.118. The molecule has 0 aliphatic heterocycles. The van der Waals surface area contributed by atoms with E-state index in [1.807, 2.05) is 36.4 Å². The molecule has 1 saturated carbocycles. The first-order chi connectivity index (χ1) is 14.0. The van der Waals surface area contributed by atoms with Gasteiger partial charge in [-0.05, 0) is 54.8 Å². The van der Waals surface area contributed by atoms with Crippen LogP contribution in [0.15, 0.2) is 71.6 Å². The molecule has 2 aromatic carbocycles. The molecule has 0 atom stereocenters. The molecule has 1 amide bonds. The summed E-state index contributed by atoms with van der Waals surface area (Å²) in [5.74, 6) is 1.10. The summed E-state index contributed by atoms with van der Waals surface area (Å²) in [7, 11) is -1.01. The molecule has 7 heteroatoms. The number of hydrogen-bond acceptors (Lipinski definition) is 5. The third-order valence-electron chi connectivity index (χ3n) is 5.17. The minimum absolute atomic E-state index is 0.0888. The van der Waals surface area contributed by atoms with Gasteiger partial charge in [-0.15, -0.1) is 0 Å². The number of anilines is 1. The summed E-state index contributed by atoms with van der Waals surface area (Å²) in [6.45, 7) is 0. The van der Waals surface area contributed by atoms with Crippen molar-refractivity contribution >= 4 is 22.4 Å². The number of pyridine rings is 1. The highest BCUT2D eigenvalue weighted by Crippen LogP contribution is 2.49. The Bertz CT molecular complexity index is 1130. The minimum Gasteiger partial charge on any atom is -0.497 e. The highest BCUT2D eigenvalue weighted by atomic mass is 32.2. The topological polar surface area (TPSA) is 85.4 Å². The van der Waals surface area contributed by atoms with Crippen LogP contribution < -0.4 is 10.1 Å². The van der Waals surface area contributed by atoms with E-state index in [0.29, 0.717) is 11.5 Å². The van der Waals surface area contributed by atoms with E-state index in [1.54, 1.807) is 25.3 Å². The second-order valence-electron chi connectivity index (χ2n) is 6.98. The highest BCUT2D eigenvalue weighted by Gasteiger charge is 2.51. The third-order valence-corrected chi connectivity index (χ3v) is 5.89. The van der Waals surface area contributed by atoms with Gasteiger partial charge in [0.25, 0.3) is 0 Å². The standard InChI is InChI=1S/C22H20N2O4S/c1-28-17-5-2-4-16(14-17)22(12-13-22)21(25)24-20-7-3-6-19(23-20)15-8-10-18(11-9-15)29(26)27/h2-11,14,29H,12-13H2,1H3,(H,23,24,25). The van der Waals surface area contributed by atoms with Crippen molar-refractivity contribution in [2.45, 2.75) is 23.2 Å². The fourth-order valence-corrected chi connectivity index (χ4v) is 3.74. The number of carbonyl (C=O) groups excluding carboxylic acids is 1. The van der Waals surface area contributed by atoms with E-state index in [9.17, 15) is 13.2 Å². The maximum atomic E-state index is 13.0. The number of amides is 1. The summed E-state index contributed by atoms with van der Waals surface area (Å²) < 4.78 is 27.4. The number of nitrogens with zero attached hydrogens (tertiary/aromatic N) is 1. The zero-order valence-electron chi connectivity index (χ0n) is 15.8. The Kier molecular flexibility index (Phi) is 5.07. The number of aromatic nitrogens is 1. The molecule has 1 aliphatic carbocycles. The van der Waals surface area contributed by atoms with E-state index in [1.165, 1.54) is 12.1 Å². The molecule has 0 spiro atoms. The monoisotopic (exact) mass is 408 g/mol. The van der Waals surface area contributed by atoms with E-state index in [4.69, 9.17) is 4.74 Å². The van der Waals surface area contributed by atoms with E-state index < -0.39 is 16.1 Å². The van der Waals surface area contributed by atoms with Crippen LogP contribution in [0.1, 0.15) is 18.4 Å². The average molecular weight is 408 g/mol. The van der Waals surface area contributed by atoms with Crippen molar-refractivity contribution < 1.29 is 17.9 Å². The number of benzene rings is 2. The predicted molar refractivity (Wildman–Crippen MR) is 111 cm³/mol. The number of thiol groups is 1. The van der Waals surface area contributed by atoms with Crippen LogP contribution in [0.4, 0.5) is 5.82 Å². The Morgan fingerprint density at radius 1 is 1.03 bits per heavy atom. The molecule has 1 fully saturated rings. The Morgan fingerprint density at radius 2 is 1.76 bits per heavy atom. The molecule has 0 unspecified atom stereocenters. The summed E-state index contributed by atoms with van der Waals surface area (Å²) in [5.41, 5.74) is 1.82. The number of ether oxygens (including phenoxy) is 1. The van der Waals surface area contributed by atoms with Gasteiger partial charge in [-0.3, -0.25) is 4.79 Å². The van der Waals surface area contributed by atoms with E-state index in [0.717, 1.165) is 29.7 Å². The van der Waals surface area contributed by atoms with Crippen LogP contribution in [0.5, 0.6) is 5.75 Å². The van der Waals surface area contributed by atoms with Gasteiger partial charge >= 0.3 is 0 Å². The van der Waals surface area contributed by atoms with Crippen LogP contribution in [-0.2, 0) is 20.9 Å². The SMILES string of the molecule is COc1cccc(C2(C(=O)Nc3cccc(-c4ccc([SH](=O)=O)cc4)n3)CC2)c1. The van der Waals surface area contributed by atoms with Gasteiger partial charge < -0.3 is 10.1 Å². The second kappa shape index (κ2) is 7.67. The Morgan fingerprint density at radius 3 is 2.41 bits per heavy atom. The number of rotatable bonds is 6. The van der Waals surface area contributed by atoms with Crippen molar-refractivity contribution in [2.24, 2.45) is 0 Å². The molecule has 148 valence electrons. The minimum atomic E-state index is -2.61. The van der Waals surface area contributed by atoms with Crippen molar-refractivity contribution in [2.75, 3.05) is 12.4 Å². The van der Waals surface area contributed by atoms with Gasteiger partial charge in [0.15, 0.2) is 10.7 Å². The molecule has 29 heavy (non-hydrogen) atoms. The molecule has 0 saturated heterocycles. The Labute approximate surface area is 170 Å². The quantitative estimate of drug-likeness (QED) is 0.611. The zero-order chi connectivity index (χ0) is 20.4. The number of hydrogen-bond donors (Lipinski definition) is 2. The first kappa shape index (κ1) is 19.1. The van der Waals surface area contributed by atoms with Crippen molar-refractivity contribution in [3.63, 3.8) is 0 Å². The van der Waals surface area contributed by atoms with Crippen LogP contribution in [-0.4, -0.2) is 26.4 Å². The molecule has 3 aromatic rings.